The van der Waals surface area contributed by atoms with E-state index in [0.29, 0.717) is 0 Å². The first kappa shape index (κ1) is 7.67. The minimum Gasteiger partial charge on any atom is -0.284 e. The summed E-state index contributed by atoms with van der Waals surface area (Å²) in [6, 6.07) is 0. The Morgan fingerprint density at radius 1 is 1.78 bits per heavy atom. The molecule has 0 radical (unpaired) electrons. The van der Waals surface area contributed by atoms with Gasteiger partial charge in [-0.15, -0.1) is 0 Å². The van der Waals surface area contributed by atoms with Gasteiger partial charge >= 0.3 is 0 Å². The van der Waals surface area contributed by atoms with Crippen molar-refractivity contribution < 1.29 is 4.62 Å². The number of rotatable bonds is 1. The normalized spacial score (nSPS) is 21.8. The van der Waals surface area contributed by atoms with Crippen LogP contribution < -0.4 is 0 Å². The van der Waals surface area contributed by atoms with Crippen LogP contribution in [0, 0.1) is 0 Å². The molecule has 1 rings (SSSR count). The standard InChI is InChI=1S/C5H9BrNOP/c6-5-1-3-7(8-9)4-2-5/h1H,2-4,9H2. The van der Waals surface area contributed by atoms with E-state index < -0.39 is 0 Å². The Labute approximate surface area is 65.6 Å². The van der Waals surface area contributed by atoms with Crippen LogP contribution in [0.25, 0.3) is 0 Å². The molecule has 9 heavy (non-hydrogen) atoms. The Bertz CT molecular complexity index is 128. The highest BCUT2D eigenvalue weighted by Gasteiger charge is 2.07. The Morgan fingerprint density at radius 3 is 3.00 bits per heavy atom. The number of hydrogen-bond donors (Lipinski definition) is 0. The van der Waals surface area contributed by atoms with E-state index in [-0.39, 0.29) is 0 Å². The molecule has 0 fully saturated rings. The van der Waals surface area contributed by atoms with Crippen LogP contribution in [-0.4, -0.2) is 18.2 Å². The smallest absolute Gasteiger partial charge is 0.0435 e. The van der Waals surface area contributed by atoms with Gasteiger partial charge in [-0.25, -0.2) is 0 Å². The minimum atomic E-state index is 0.879. The Morgan fingerprint density at radius 2 is 2.56 bits per heavy atom. The van der Waals surface area contributed by atoms with Crippen molar-refractivity contribution in [2.75, 3.05) is 13.1 Å². The summed E-state index contributed by atoms with van der Waals surface area (Å²) in [7, 11) is 2.24. The lowest BCUT2D eigenvalue weighted by atomic mass is 10.3. The van der Waals surface area contributed by atoms with Crippen molar-refractivity contribution >= 4 is 25.4 Å². The first-order chi connectivity index (χ1) is 4.33. The van der Waals surface area contributed by atoms with Crippen molar-refractivity contribution in [3.05, 3.63) is 10.6 Å². The fourth-order valence-electron chi connectivity index (χ4n) is 0.721. The summed E-state index contributed by atoms with van der Waals surface area (Å²) in [6.45, 7) is 1.85. The molecule has 0 aromatic rings. The Hall–Kier alpha value is 0.570. The number of hydrogen-bond acceptors (Lipinski definition) is 2. The van der Waals surface area contributed by atoms with Crippen molar-refractivity contribution in [1.82, 2.24) is 5.06 Å². The highest BCUT2D eigenvalue weighted by molar-refractivity contribution is 9.11. The van der Waals surface area contributed by atoms with Gasteiger partial charge in [0.1, 0.15) is 0 Å². The summed E-state index contributed by atoms with van der Waals surface area (Å²) in [4.78, 5) is 0. The van der Waals surface area contributed by atoms with Crippen molar-refractivity contribution in [2.45, 2.75) is 6.42 Å². The molecule has 0 aromatic heterocycles. The van der Waals surface area contributed by atoms with Gasteiger partial charge in [0.2, 0.25) is 0 Å². The van der Waals surface area contributed by atoms with Crippen LogP contribution in [0.5, 0.6) is 0 Å². The summed E-state index contributed by atoms with van der Waals surface area (Å²) >= 11 is 3.42. The molecule has 52 valence electrons. The zero-order valence-electron chi connectivity index (χ0n) is 5.01. The maximum atomic E-state index is 4.92. The van der Waals surface area contributed by atoms with Gasteiger partial charge in [0.15, 0.2) is 0 Å². The molecule has 1 aliphatic rings. The lowest BCUT2D eigenvalue weighted by Crippen LogP contribution is -2.24. The first-order valence-electron chi connectivity index (χ1n) is 2.79. The fourth-order valence-corrected chi connectivity index (χ4v) is 1.24. The van der Waals surface area contributed by atoms with E-state index in [1.54, 1.807) is 0 Å². The van der Waals surface area contributed by atoms with Gasteiger partial charge in [-0.05, 0) is 10.9 Å². The summed E-state index contributed by atoms with van der Waals surface area (Å²) < 4.78 is 6.20. The largest absolute Gasteiger partial charge is 0.284 e. The van der Waals surface area contributed by atoms with Gasteiger partial charge in [-0.3, -0.25) is 4.62 Å². The highest BCUT2D eigenvalue weighted by Crippen LogP contribution is 2.16. The second-order valence-electron chi connectivity index (χ2n) is 1.89. The molecule has 0 saturated heterocycles. The van der Waals surface area contributed by atoms with Gasteiger partial charge in [-0.1, -0.05) is 22.0 Å². The van der Waals surface area contributed by atoms with Gasteiger partial charge in [0.25, 0.3) is 0 Å². The van der Waals surface area contributed by atoms with E-state index in [4.69, 9.17) is 4.62 Å². The van der Waals surface area contributed by atoms with Gasteiger partial charge < -0.3 is 0 Å². The Kier molecular flexibility index (Phi) is 3.13. The van der Waals surface area contributed by atoms with Gasteiger partial charge in [0.05, 0.1) is 0 Å². The van der Waals surface area contributed by atoms with Crippen LogP contribution in [0.3, 0.4) is 0 Å². The molecular weight excluding hydrogens is 201 g/mol. The molecular formula is C5H9BrNOP. The van der Waals surface area contributed by atoms with Crippen molar-refractivity contribution in [2.24, 2.45) is 0 Å². The molecule has 2 nitrogen and oxygen atoms in total. The average molecular weight is 210 g/mol. The lowest BCUT2D eigenvalue weighted by Gasteiger charge is -2.20. The highest BCUT2D eigenvalue weighted by atomic mass is 79.9. The molecule has 0 aliphatic carbocycles. The number of halogens is 1. The molecule has 0 saturated carbocycles. The van der Waals surface area contributed by atoms with E-state index in [9.17, 15) is 0 Å². The number of nitrogens with zero attached hydrogens (tertiary/aromatic N) is 1. The topological polar surface area (TPSA) is 12.5 Å². The van der Waals surface area contributed by atoms with Crippen LogP contribution >= 0.6 is 25.4 Å². The second kappa shape index (κ2) is 3.67. The maximum Gasteiger partial charge on any atom is 0.0435 e. The zero-order chi connectivity index (χ0) is 6.69. The third-order valence-electron chi connectivity index (χ3n) is 1.27. The molecule has 0 aromatic carbocycles. The maximum absolute atomic E-state index is 4.92. The van der Waals surface area contributed by atoms with Crippen molar-refractivity contribution in [3.63, 3.8) is 0 Å². The quantitative estimate of drug-likeness (QED) is 0.610. The summed E-state index contributed by atoms with van der Waals surface area (Å²) in [5.74, 6) is 0. The molecule has 0 bridgehead atoms. The third kappa shape index (κ3) is 2.34. The molecule has 0 spiro atoms. The molecule has 1 heterocycles. The monoisotopic (exact) mass is 209 g/mol. The molecule has 1 atom stereocenters. The second-order valence-corrected chi connectivity index (χ2v) is 3.12. The predicted molar refractivity (Wildman–Crippen MR) is 44.0 cm³/mol. The fraction of sp³-hybridized carbons (Fsp3) is 0.600. The van der Waals surface area contributed by atoms with E-state index >= 15 is 0 Å². The van der Waals surface area contributed by atoms with Crippen LogP contribution in [-0.2, 0) is 4.62 Å². The summed E-state index contributed by atoms with van der Waals surface area (Å²) in [5, 5.41) is 1.88. The van der Waals surface area contributed by atoms with Crippen LogP contribution in [0.2, 0.25) is 0 Å². The van der Waals surface area contributed by atoms with Crippen LogP contribution in [0.4, 0.5) is 0 Å². The van der Waals surface area contributed by atoms with Crippen molar-refractivity contribution in [3.8, 4) is 0 Å². The first-order valence-corrected chi connectivity index (χ1v) is 4.05. The van der Waals surface area contributed by atoms with E-state index in [1.165, 1.54) is 4.48 Å². The average Bonchev–Trinajstić information content (AvgIpc) is 1.90. The SMILES string of the molecule is PON1CC=C(Br)CC1. The van der Waals surface area contributed by atoms with Crippen LogP contribution in [0.15, 0.2) is 10.6 Å². The van der Waals surface area contributed by atoms with E-state index in [1.807, 2.05) is 5.06 Å². The molecule has 0 N–H and O–H groups in total. The number of hydroxylamine groups is 2. The summed E-state index contributed by atoms with van der Waals surface area (Å²) in [6.07, 6.45) is 3.15. The van der Waals surface area contributed by atoms with E-state index in [0.717, 1.165) is 19.5 Å². The van der Waals surface area contributed by atoms with Gasteiger partial charge in [0, 0.05) is 22.6 Å². The molecule has 4 heteroatoms. The van der Waals surface area contributed by atoms with Gasteiger partial charge in [-0.2, -0.15) is 5.06 Å². The Balaban J connectivity index is 2.36. The van der Waals surface area contributed by atoms with Crippen LogP contribution in [0.1, 0.15) is 6.42 Å². The third-order valence-corrected chi connectivity index (χ3v) is 2.28. The molecule has 0 amide bonds. The minimum absolute atomic E-state index is 0.879. The van der Waals surface area contributed by atoms with E-state index in [2.05, 4.69) is 31.5 Å². The van der Waals surface area contributed by atoms with Crippen molar-refractivity contribution in [1.29, 1.82) is 0 Å². The molecule has 1 aliphatic heterocycles. The summed E-state index contributed by atoms with van der Waals surface area (Å²) in [5.41, 5.74) is 0. The molecule has 1 unspecified atom stereocenters. The zero-order valence-corrected chi connectivity index (χ0v) is 7.75. The predicted octanol–water partition coefficient (Wildman–Crippen LogP) is 1.69. The lowest BCUT2D eigenvalue weighted by molar-refractivity contribution is -0.0294.